The van der Waals surface area contributed by atoms with Crippen molar-refractivity contribution in [1.82, 2.24) is 24.8 Å². The Balaban J connectivity index is 1.66. The van der Waals surface area contributed by atoms with Crippen LogP contribution in [0.1, 0.15) is 46.9 Å². The first-order valence-electron chi connectivity index (χ1n) is 8.63. The summed E-state index contributed by atoms with van der Waals surface area (Å²) in [7, 11) is 0. The van der Waals surface area contributed by atoms with Gasteiger partial charge in [0.05, 0.1) is 17.4 Å². The third-order valence-electron chi connectivity index (χ3n) is 4.46. The average molecular weight is 365 g/mol. The third-order valence-corrected chi connectivity index (χ3v) is 5.60. The molecule has 0 bridgehead atoms. The molecule has 132 valence electrons. The normalized spacial score (nSPS) is 14.8. The van der Waals surface area contributed by atoms with E-state index in [2.05, 4.69) is 19.9 Å². The van der Waals surface area contributed by atoms with Gasteiger partial charge in [-0.05, 0) is 44.9 Å². The Kier molecular flexibility index (Phi) is 4.46. The molecule has 3 heterocycles. The highest BCUT2D eigenvalue weighted by Gasteiger charge is 2.38. The first-order chi connectivity index (χ1) is 12.6. The van der Waals surface area contributed by atoms with E-state index in [9.17, 15) is 4.79 Å². The SMILES string of the molecule is Cc1nc(-c2ncccn2)sc1C(=O)N(C1CC1)C(C)c1ccccn1. The average Bonchev–Trinajstić information content (AvgIpc) is 3.43. The zero-order valence-corrected chi connectivity index (χ0v) is 15.5. The van der Waals surface area contributed by atoms with Crippen LogP contribution in [0, 0.1) is 6.92 Å². The summed E-state index contributed by atoms with van der Waals surface area (Å²) < 4.78 is 0. The number of nitrogens with zero attached hydrogens (tertiary/aromatic N) is 5. The quantitative estimate of drug-likeness (QED) is 0.690. The van der Waals surface area contributed by atoms with E-state index in [0.29, 0.717) is 15.7 Å². The monoisotopic (exact) mass is 365 g/mol. The lowest BCUT2D eigenvalue weighted by Gasteiger charge is -2.28. The number of hydrogen-bond donors (Lipinski definition) is 0. The third kappa shape index (κ3) is 3.22. The van der Waals surface area contributed by atoms with E-state index in [4.69, 9.17) is 0 Å². The highest BCUT2D eigenvalue weighted by molar-refractivity contribution is 7.17. The van der Waals surface area contributed by atoms with Crippen molar-refractivity contribution in [2.24, 2.45) is 0 Å². The van der Waals surface area contributed by atoms with Gasteiger partial charge in [-0.15, -0.1) is 11.3 Å². The smallest absolute Gasteiger partial charge is 0.266 e. The summed E-state index contributed by atoms with van der Waals surface area (Å²) >= 11 is 1.36. The molecule has 1 unspecified atom stereocenters. The fourth-order valence-corrected chi connectivity index (χ4v) is 3.95. The largest absolute Gasteiger partial charge is 0.327 e. The maximum absolute atomic E-state index is 13.3. The molecule has 0 spiro atoms. The van der Waals surface area contributed by atoms with Gasteiger partial charge in [0.25, 0.3) is 5.91 Å². The van der Waals surface area contributed by atoms with Gasteiger partial charge in [-0.25, -0.2) is 15.0 Å². The van der Waals surface area contributed by atoms with E-state index in [-0.39, 0.29) is 18.0 Å². The molecule has 7 heteroatoms. The summed E-state index contributed by atoms with van der Waals surface area (Å²) in [5.41, 5.74) is 1.63. The molecular formula is C19H19N5OS. The van der Waals surface area contributed by atoms with Crippen LogP contribution in [0.15, 0.2) is 42.9 Å². The van der Waals surface area contributed by atoms with Crippen molar-refractivity contribution in [2.75, 3.05) is 0 Å². The first kappa shape index (κ1) is 16.8. The zero-order valence-electron chi connectivity index (χ0n) is 14.7. The molecule has 1 fully saturated rings. The highest BCUT2D eigenvalue weighted by Crippen LogP contribution is 2.37. The summed E-state index contributed by atoms with van der Waals surface area (Å²) in [6.45, 7) is 3.91. The summed E-state index contributed by atoms with van der Waals surface area (Å²) in [6.07, 6.45) is 7.20. The highest BCUT2D eigenvalue weighted by atomic mass is 32.1. The number of pyridine rings is 1. The number of thiazole rings is 1. The molecule has 6 nitrogen and oxygen atoms in total. The Labute approximate surface area is 156 Å². The Morgan fingerprint density at radius 2 is 1.88 bits per heavy atom. The van der Waals surface area contributed by atoms with E-state index in [1.807, 2.05) is 36.9 Å². The van der Waals surface area contributed by atoms with Gasteiger partial charge in [0, 0.05) is 24.6 Å². The van der Waals surface area contributed by atoms with Crippen molar-refractivity contribution in [2.45, 2.75) is 38.8 Å². The van der Waals surface area contributed by atoms with Gasteiger partial charge in [0.2, 0.25) is 0 Å². The standard InChI is InChI=1S/C19H19N5OS/c1-12-16(26-18(23-12)17-21-10-5-11-22-17)19(25)24(14-7-8-14)13(2)15-6-3-4-9-20-15/h3-6,9-11,13-14H,7-8H2,1-2H3. The van der Waals surface area contributed by atoms with Gasteiger partial charge < -0.3 is 4.90 Å². The maximum atomic E-state index is 13.3. The Morgan fingerprint density at radius 3 is 2.54 bits per heavy atom. The molecule has 1 amide bonds. The molecule has 0 saturated heterocycles. The predicted octanol–water partition coefficient (Wildman–Crippen LogP) is 3.67. The van der Waals surface area contributed by atoms with Crippen molar-refractivity contribution in [3.63, 3.8) is 0 Å². The topological polar surface area (TPSA) is 71.9 Å². The van der Waals surface area contributed by atoms with Crippen LogP contribution < -0.4 is 0 Å². The van der Waals surface area contributed by atoms with E-state index >= 15 is 0 Å². The van der Waals surface area contributed by atoms with Gasteiger partial charge in [-0.1, -0.05) is 6.07 Å². The molecule has 0 radical (unpaired) electrons. The van der Waals surface area contributed by atoms with Crippen LogP contribution in [0.4, 0.5) is 0 Å². The molecule has 1 aliphatic rings. The fraction of sp³-hybridized carbons (Fsp3) is 0.316. The van der Waals surface area contributed by atoms with Crippen LogP contribution in [-0.2, 0) is 0 Å². The Bertz CT molecular complexity index is 908. The number of carbonyl (C=O) groups excluding carboxylic acids is 1. The maximum Gasteiger partial charge on any atom is 0.266 e. The second kappa shape index (κ2) is 6.92. The molecule has 4 rings (SSSR count). The van der Waals surface area contributed by atoms with Gasteiger partial charge in [-0.3, -0.25) is 9.78 Å². The van der Waals surface area contributed by atoms with E-state index < -0.39 is 0 Å². The number of hydrogen-bond acceptors (Lipinski definition) is 6. The molecule has 3 aromatic heterocycles. The van der Waals surface area contributed by atoms with Gasteiger partial charge in [0.15, 0.2) is 10.8 Å². The second-order valence-corrected chi connectivity index (χ2v) is 7.38. The van der Waals surface area contributed by atoms with Crippen LogP contribution in [0.25, 0.3) is 10.8 Å². The molecule has 0 N–H and O–H groups in total. The van der Waals surface area contributed by atoms with Crippen molar-refractivity contribution in [1.29, 1.82) is 0 Å². The van der Waals surface area contributed by atoms with E-state index in [0.717, 1.165) is 24.2 Å². The second-order valence-electron chi connectivity index (χ2n) is 6.38. The number of aryl methyl sites for hydroxylation is 1. The van der Waals surface area contributed by atoms with Gasteiger partial charge >= 0.3 is 0 Å². The van der Waals surface area contributed by atoms with Crippen LogP contribution in [0.3, 0.4) is 0 Å². The lowest BCUT2D eigenvalue weighted by Crippen LogP contribution is -2.35. The van der Waals surface area contributed by atoms with Gasteiger partial charge in [0.1, 0.15) is 4.88 Å². The number of rotatable bonds is 5. The molecule has 3 aromatic rings. The Hall–Kier alpha value is -2.67. The van der Waals surface area contributed by atoms with E-state index in [1.54, 1.807) is 24.7 Å². The number of amides is 1. The predicted molar refractivity (Wildman–Crippen MR) is 99.7 cm³/mol. The zero-order chi connectivity index (χ0) is 18.1. The Morgan fingerprint density at radius 1 is 1.15 bits per heavy atom. The number of carbonyl (C=O) groups is 1. The van der Waals surface area contributed by atoms with Crippen molar-refractivity contribution in [3.05, 3.63) is 59.1 Å². The summed E-state index contributed by atoms with van der Waals surface area (Å²) in [4.78, 5) is 33.4. The molecule has 26 heavy (non-hydrogen) atoms. The van der Waals surface area contributed by atoms with Crippen LogP contribution >= 0.6 is 11.3 Å². The number of aromatic nitrogens is 4. The van der Waals surface area contributed by atoms with Gasteiger partial charge in [-0.2, -0.15) is 0 Å². The lowest BCUT2D eigenvalue weighted by atomic mass is 10.1. The lowest BCUT2D eigenvalue weighted by molar-refractivity contribution is 0.0674. The summed E-state index contributed by atoms with van der Waals surface area (Å²) in [5, 5.41) is 0.674. The summed E-state index contributed by atoms with van der Waals surface area (Å²) in [5.74, 6) is 0.568. The molecule has 1 saturated carbocycles. The van der Waals surface area contributed by atoms with Crippen molar-refractivity contribution < 1.29 is 4.79 Å². The molecule has 0 aliphatic heterocycles. The van der Waals surface area contributed by atoms with Crippen molar-refractivity contribution in [3.8, 4) is 10.8 Å². The minimum absolute atomic E-state index is 0.0165. The van der Waals surface area contributed by atoms with E-state index in [1.165, 1.54) is 11.3 Å². The minimum Gasteiger partial charge on any atom is -0.327 e. The molecule has 1 aliphatic carbocycles. The molecular weight excluding hydrogens is 346 g/mol. The fourth-order valence-electron chi connectivity index (χ4n) is 2.99. The van der Waals surface area contributed by atoms with Crippen LogP contribution in [0.5, 0.6) is 0 Å². The first-order valence-corrected chi connectivity index (χ1v) is 9.45. The summed E-state index contributed by atoms with van der Waals surface area (Å²) in [6, 6.07) is 7.78. The van der Waals surface area contributed by atoms with Crippen molar-refractivity contribution >= 4 is 17.2 Å². The molecule has 0 aromatic carbocycles. The molecule has 1 atom stereocenters. The minimum atomic E-state index is -0.0749. The van der Waals surface area contributed by atoms with Crippen LogP contribution in [-0.4, -0.2) is 36.8 Å². The van der Waals surface area contributed by atoms with Crippen LogP contribution in [0.2, 0.25) is 0 Å².